The molecule has 0 saturated heterocycles. The molecule has 0 unspecified atom stereocenters. The molecule has 0 atom stereocenters. The molecule has 246 valence electrons. The average molecular weight is 786 g/mol. The second-order valence-electron chi connectivity index (χ2n) is 11.5. The van der Waals surface area contributed by atoms with E-state index in [9.17, 15) is 9.59 Å². The Morgan fingerprint density at radius 1 is 0.520 bits per heavy atom. The van der Waals surface area contributed by atoms with Crippen LogP contribution in [0.2, 0.25) is 0 Å². The van der Waals surface area contributed by atoms with Crippen LogP contribution in [0.25, 0.3) is 11.4 Å². The topological polar surface area (TPSA) is 88.2 Å². The van der Waals surface area contributed by atoms with Gasteiger partial charge in [-0.1, -0.05) is 0 Å². The van der Waals surface area contributed by atoms with E-state index in [1.165, 1.54) is 0 Å². The molecule has 0 amide bonds. The first kappa shape index (κ1) is 33.1. The first-order chi connectivity index (χ1) is 24.3. The molecular formula is C40H31ClN4O4Sn. The van der Waals surface area contributed by atoms with E-state index in [0.29, 0.717) is 37.5 Å². The number of halogens is 1. The van der Waals surface area contributed by atoms with Gasteiger partial charge in [0.1, 0.15) is 0 Å². The summed E-state index contributed by atoms with van der Waals surface area (Å²) in [5.41, 5.74) is 3.71. The van der Waals surface area contributed by atoms with Crippen molar-refractivity contribution in [3.8, 4) is 23.1 Å². The second kappa shape index (κ2) is 14.2. The van der Waals surface area contributed by atoms with Crippen molar-refractivity contribution < 1.29 is 15.7 Å². The number of benzene rings is 5. The van der Waals surface area contributed by atoms with Crippen molar-refractivity contribution >= 4 is 42.1 Å². The van der Waals surface area contributed by atoms with E-state index in [1.54, 1.807) is 71.7 Å². The zero-order valence-electron chi connectivity index (χ0n) is 27.2. The fraction of sp³-hybridized carbons (Fsp3) is 0.0500. The molecule has 5 aromatic carbocycles. The molecule has 10 heteroatoms. The molecule has 0 aliphatic heterocycles. The van der Waals surface area contributed by atoms with Gasteiger partial charge in [-0.15, -0.1) is 0 Å². The van der Waals surface area contributed by atoms with Gasteiger partial charge < -0.3 is 0 Å². The molecule has 50 heavy (non-hydrogen) atoms. The molecule has 0 bridgehead atoms. The van der Waals surface area contributed by atoms with Crippen LogP contribution in [0.3, 0.4) is 0 Å². The zero-order chi connectivity index (χ0) is 34.7. The van der Waals surface area contributed by atoms with Crippen LogP contribution in [0.5, 0.6) is 11.8 Å². The summed E-state index contributed by atoms with van der Waals surface area (Å²) in [6, 6.07) is 46.0. The monoisotopic (exact) mass is 786 g/mol. The standard InChI is InChI=1S/2C17H14N2O2.C6H5.ClH.Sn/c2*1-12-15(16(20)13-8-4-2-5-9-13)17(21)19(18-12)14-10-6-3-7-11-14;1-2-4-6-5-3-1;;/h2*2-11,21H,1H3;1-5H;1H;/q;;;;+3/p-3. The number of carbonyl (C=O) groups is 2. The number of ketones is 2. The zero-order valence-corrected chi connectivity index (χ0v) is 30.8. The van der Waals surface area contributed by atoms with E-state index < -0.39 is 18.1 Å². The second-order valence-corrected chi connectivity index (χ2v) is 20.7. The van der Waals surface area contributed by atoms with E-state index in [-0.39, 0.29) is 34.5 Å². The Labute approximate surface area is 298 Å². The van der Waals surface area contributed by atoms with Gasteiger partial charge in [-0.05, 0) is 0 Å². The number of rotatable bonds is 11. The molecule has 0 saturated carbocycles. The third-order valence-corrected chi connectivity index (χ3v) is 16.2. The predicted molar refractivity (Wildman–Crippen MR) is 195 cm³/mol. The molecular weight excluding hydrogens is 755 g/mol. The van der Waals surface area contributed by atoms with Crippen molar-refractivity contribution in [1.82, 2.24) is 19.6 Å². The van der Waals surface area contributed by atoms with Gasteiger partial charge in [0, 0.05) is 0 Å². The molecule has 2 aromatic heterocycles. The molecule has 0 spiro atoms. The van der Waals surface area contributed by atoms with Gasteiger partial charge in [0.25, 0.3) is 0 Å². The summed E-state index contributed by atoms with van der Waals surface area (Å²) in [5.74, 6) is -0.251. The van der Waals surface area contributed by atoms with Crippen LogP contribution in [-0.4, -0.2) is 49.2 Å². The van der Waals surface area contributed by atoms with Gasteiger partial charge in [-0.3, -0.25) is 0 Å². The van der Waals surface area contributed by atoms with Crippen LogP contribution in [-0.2, 0) is 0 Å². The fourth-order valence-corrected chi connectivity index (χ4v) is 12.5. The minimum absolute atomic E-state index is 0.149. The maximum atomic E-state index is 14.2. The number of hydrogen-bond donors (Lipinski definition) is 0. The Kier molecular flexibility index (Phi) is 9.38. The van der Waals surface area contributed by atoms with Crippen molar-refractivity contribution in [1.29, 1.82) is 0 Å². The maximum absolute atomic E-state index is 14.2. The number of para-hydroxylation sites is 2. The number of nitrogens with zero attached hydrogens (tertiary/aromatic N) is 4. The van der Waals surface area contributed by atoms with Gasteiger partial charge >= 0.3 is 300 Å². The molecule has 0 fully saturated rings. The Morgan fingerprint density at radius 2 is 0.840 bits per heavy atom. The van der Waals surface area contributed by atoms with Crippen LogP contribution in [0.15, 0.2) is 152 Å². The van der Waals surface area contributed by atoms with Crippen LogP contribution in [0, 0.1) is 13.8 Å². The number of aromatic nitrogens is 4. The first-order valence-corrected chi connectivity index (χ1v) is 23.3. The molecule has 2 heterocycles. The van der Waals surface area contributed by atoms with Crippen LogP contribution >= 0.6 is 8.92 Å². The summed E-state index contributed by atoms with van der Waals surface area (Å²) >= 11 is -5.28. The average Bonchev–Trinajstić information content (AvgIpc) is 3.67. The Balaban J connectivity index is 1.44. The van der Waals surface area contributed by atoms with Crippen LogP contribution in [0.1, 0.15) is 43.2 Å². The summed E-state index contributed by atoms with van der Waals surface area (Å²) in [4.78, 5) is 28.4. The van der Waals surface area contributed by atoms with Crippen LogP contribution < -0.4 is 9.73 Å². The van der Waals surface area contributed by atoms with Gasteiger partial charge in [0.2, 0.25) is 0 Å². The van der Waals surface area contributed by atoms with Crippen molar-refractivity contribution in [2.75, 3.05) is 0 Å². The normalized spacial score (nSPS) is 11.3. The first-order valence-electron chi connectivity index (χ1n) is 16.0. The van der Waals surface area contributed by atoms with Crippen molar-refractivity contribution in [3.63, 3.8) is 0 Å². The quantitative estimate of drug-likeness (QED) is 0.0989. The molecule has 0 aliphatic carbocycles. The van der Waals surface area contributed by atoms with Crippen molar-refractivity contribution in [2.45, 2.75) is 13.8 Å². The minimum atomic E-state index is -5.28. The number of aryl methyl sites for hydroxylation is 2. The van der Waals surface area contributed by atoms with Gasteiger partial charge in [-0.2, -0.15) is 0 Å². The summed E-state index contributed by atoms with van der Waals surface area (Å²) in [5, 5.41) is 9.57. The van der Waals surface area contributed by atoms with E-state index in [2.05, 4.69) is 0 Å². The summed E-state index contributed by atoms with van der Waals surface area (Å²) in [7, 11) is 7.78. The van der Waals surface area contributed by atoms with Crippen LogP contribution in [0.4, 0.5) is 0 Å². The van der Waals surface area contributed by atoms with Crippen molar-refractivity contribution in [2.24, 2.45) is 0 Å². The molecule has 7 rings (SSSR count). The van der Waals surface area contributed by atoms with E-state index in [1.807, 2.05) is 103 Å². The number of hydrogen-bond acceptors (Lipinski definition) is 6. The third-order valence-electron chi connectivity index (χ3n) is 8.14. The molecule has 0 aliphatic rings. The third kappa shape index (κ3) is 6.47. The SMILES string of the molecule is Cc1nn(-c2ccccc2)c([O][Sn]([Cl])([O]c2c(C(=O)c3ccccc3)c(C)nn2-c2ccccc2)[c]2ccccc2)c1C(=O)c1ccccc1. The van der Waals surface area contributed by atoms with E-state index in [0.717, 1.165) is 0 Å². The summed E-state index contributed by atoms with van der Waals surface area (Å²) in [6.07, 6.45) is 0. The van der Waals surface area contributed by atoms with Crippen molar-refractivity contribution in [3.05, 3.63) is 185 Å². The van der Waals surface area contributed by atoms with E-state index in [4.69, 9.17) is 25.3 Å². The summed E-state index contributed by atoms with van der Waals surface area (Å²) in [6.45, 7) is 3.53. The number of carbonyl (C=O) groups excluding carboxylic acids is 2. The van der Waals surface area contributed by atoms with E-state index >= 15 is 0 Å². The van der Waals surface area contributed by atoms with Gasteiger partial charge in [-0.25, -0.2) is 0 Å². The predicted octanol–water partition coefficient (Wildman–Crippen LogP) is 7.68. The molecule has 8 nitrogen and oxygen atoms in total. The van der Waals surface area contributed by atoms with Gasteiger partial charge in [0.15, 0.2) is 0 Å². The fourth-order valence-electron chi connectivity index (χ4n) is 5.70. The van der Waals surface area contributed by atoms with Gasteiger partial charge in [0.05, 0.1) is 0 Å². The Hall–Kier alpha value is -5.45. The Morgan fingerprint density at radius 3 is 1.20 bits per heavy atom. The molecule has 0 N–H and O–H groups in total. The molecule has 7 aromatic rings. The molecule has 0 radical (unpaired) electrons. The Bertz CT molecular complexity index is 2140. The summed E-state index contributed by atoms with van der Waals surface area (Å²) < 4.78 is 17.8.